The summed E-state index contributed by atoms with van der Waals surface area (Å²) in [5.41, 5.74) is 3.58. The van der Waals surface area contributed by atoms with Crippen LogP contribution < -0.4 is 24.6 Å². The fraction of sp³-hybridized carbons (Fsp3) is 0.433. The molecule has 43 heavy (non-hydrogen) atoms. The van der Waals surface area contributed by atoms with Crippen LogP contribution >= 0.6 is 11.6 Å². The maximum Gasteiger partial charge on any atom is 0.317 e. The Morgan fingerprint density at radius 1 is 1.09 bits per heavy atom. The number of hydrogen-bond acceptors (Lipinski definition) is 9. The van der Waals surface area contributed by atoms with Crippen molar-refractivity contribution >= 4 is 63.1 Å². The topological polar surface area (TPSA) is 123 Å². The second-order valence-corrected chi connectivity index (χ2v) is 12.9. The van der Waals surface area contributed by atoms with Gasteiger partial charge in [-0.25, -0.2) is 9.19 Å². The zero-order chi connectivity index (χ0) is 30.6. The van der Waals surface area contributed by atoms with Gasteiger partial charge in [-0.1, -0.05) is 23.7 Å². The van der Waals surface area contributed by atoms with Gasteiger partial charge in [0.1, 0.15) is 21.8 Å². The average molecular weight is 628 g/mol. The Morgan fingerprint density at radius 2 is 1.79 bits per heavy atom. The highest BCUT2D eigenvalue weighted by Gasteiger charge is 2.38. The van der Waals surface area contributed by atoms with E-state index >= 15 is 0 Å². The van der Waals surface area contributed by atoms with Gasteiger partial charge in [0.2, 0.25) is 5.95 Å². The van der Waals surface area contributed by atoms with Gasteiger partial charge in [-0.3, -0.25) is 14.0 Å². The Kier molecular flexibility index (Phi) is 9.58. The van der Waals surface area contributed by atoms with Crippen LogP contribution in [0.5, 0.6) is 5.75 Å². The Bertz CT molecular complexity index is 1470. The number of piperidine rings is 2. The van der Waals surface area contributed by atoms with Gasteiger partial charge in [0.15, 0.2) is 5.82 Å². The molecule has 0 bridgehead atoms. The fourth-order valence-electron chi connectivity index (χ4n) is 5.85. The molecule has 11 nitrogen and oxygen atoms in total. The lowest BCUT2D eigenvalue weighted by atomic mass is 9.71. The summed E-state index contributed by atoms with van der Waals surface area (Å²) >= 11 is 6.44. The summed E-state index contributed by atoms with van der Waals surface area (Å²) in [6.45, 7) is 3.75. The first-order chi connectivity index (χ1) is 20.7. The van der Waals surface area contributed by atoms with Gasteiger partial charge in [0.25, 0.3) is 0 Å². The molecule has 3 N–H and O–H groups in total. The first-order valence-corrected chi connectivity index (χ1v) is 16.2. The van der Waals surface area contributed by atoms with Crippen molar-refractivity contribution in [2.75, 3.05) is 73.0 Å². The number of rotatable bonds is 10. The van der Waals surface area contributed by atoms with E-state index in [0.29, 0.717) is 33.6 Å². The number of carboxylic acid groups (broad SMARTS) is 1. The van der Waals surface area contributed by atoms with E-state index in [4.69, 9.17) is 21.4 Å². The van der Waals surface area contributed by atoms with E-state index in [1.54, 1.807) is 24.7 Å². The zero-order valence-corrected chi connectivity index (χ0v) is 26.2. The first kappa shape index (κ1) is 30.8. The average Bonchev–Trinajstić information content (AvgIpc) is 3.00. The van der Waals surface area contributed by atoms with Crippen LogP contribution in [0.2, 0.25) is 5.02 Å². The molecule has 2 aliphatic rings. The summed E-state index contributed by atoms with van der Waals surface area (Å²) < 4.78 is 19.5. The predicted octanol–water partition coefficient (Wildman–Crippen LogP) is 5.12. The van der Waals surface area contributed by atoms with Crippen molar-refractivity contribution in [3.8, 4) is 5.75 Å². The molecule has 1 spiro atoms. The lowest BCUT2D eigenvalue weighted by molar-refractivity contribution is -0.139. The van der Waals surface area contributed by atoms with Crippen LogP contribution in [0, 0.1) is 5.41 Å². The highest BCUT2D eigenvalue weighted by molar-refractivity contribution is 7.85. The maximum absolute atomic E-state index is 12.1. The molecule has 3 heterocycles. The van der Waals surface area contributed by atoms with Crippen molar-refractivity contribution < 1.29 is 18.8 Å². The van der Waals surface area contributed by atoms with E-state index in [-0.39, 0.29) is 6.54 Å². The van der Waals surface area contributed by atoms with Crippen LogP contribution in [0.25, 0.3) is 0 Å². The highest BCUT2D eigenvalue weighted by Crippen LogP contribution is 2.43. The molecule has 2 aromatic carbocycles. The van der Waals surface area contributed by atoms with Gasteiger partial charge >= 0.3 is 5.97 Å². The number of ether oxygens (including phenoxy) is 1. The van der Waals surface area contributed by atoms with Crippen LogP contribution in [0.4, 0.5) is 34.5 Å². The molecule has 0 radical (unpaired) electrons. The van der Waals surface area contributed by atoms with E-state index in [9.17, 15) is 9.00 Å². The van der Waals surface area contributed by atoms with E-state index in [1.807, 2.05) is 41.3 Å². The van der Waals surface area contributed by atoms with Gasteiger partial charge < -0.3 is 25.4 Å². The fourth-order valence-corrected chi connectivity index (χ4v) is 6.43. The molecule has 0 amide bonds. The number of nitrogens with zero attached hydrogens (tertiary/aromatic N) is 5. The molecule has 13 heteroatoms. The van der Waals surface area contributed by atoms with Crippen LogP contribution in [-0.4, -0.2) is 83.3 Å². The second-order valence-electron chi connectivity index (χ2n) is 11.1. The normalized spacial score (nSPS) is 17.3. The second kappa shape index (κ2) is 13.4. The van der Waals surface area contributed by atoms with Gasteiger partial charge in [-0.2, -0.15) is 4.98 Å². The summed E-state index contributed by atoms with van der Waals surface area (Å²) in [4.78, 5) is 24.5. The Balaban J connectivity index is 1.25. The molecule has 1 unspecified atom stereocenters. The van der Waals surface area contributed by atoms with Crippen molar-refractivity contribution in [2.45, 2.75) is 25.7 Å². The number of carboxylic acids is 1. The summed E-state index contributed by atoms with van der Waals surface area (Å²) in [6, 6.07) is 13.6. The summed E-state index contributed by atoms with van der Waals surface area (Å²) in [5, 5.41) is 16.0. The van der Waals surface area contributed by atoms with E-state index in [1.165, 1.54) is 6.20 Å². The summed E-state index contributed by atoms with van der Waals surface area (Å²) in [5.74, 6) is 0.675. The number of hydrogen-bond donors (Lipinski definition) is 3. The summed E-state index contributed by atoms with van der Waals surface area (Å²) in [7, 11) is 2.20. The third-order valence-corrected chi connectivity index (χ3v) is 9.77. The minimum atomic E-state index is -1.20. The Morgan fingerprint density at radius 3 is 2.47 bits per heavy atom. The lowest BCUT2D eigenvalue weighted by Gasteiger charge is -2.47. The van der Waals surface area contributed by atoms with Gasteiger partial charge in [0.05, 0.1) is 36.9 Å². The van der Waals surface area contributed by atoms with Crippen molar-refractivity contribution in [3.63, 3.8) is 0 Å². The number of para-hydroxylation sites is 2. The zero-order valence-electron chi connectivity index (χ0n) is 24.7. The number of likely N-dealkylation sites (tertiary alicyclic amines) is 1. The number of halogens is 1. The number of anilines is 6. The minimum Gasteiger partial charge on any atom is -0.494 e. The molecule has 0 aliphatic carbocycles. The minimum absolute atomic E-state index is 0.134. The number of aliphatic carboxylic acids is 1. The van der Waals surface area contributed by atoms with Crippen LogP contribution in [0.15, 0.2) is 48.7 Å². The van der Waals surface area contributed by atoms with Crippen LogP contribution in [0.3, 0.4) is 0 Å². The third-order valence-electron chi connectivity index (χ3n) is 8.52. The van der Waals surface area contributed by atoms with Crippen LogP contribution in [-0.2, 0) is 15.8 Å². The van der Waals surface area contributed by atoms with E-state index in [0.717, 1.165) is 68.9 Å². The first-order valence-electron chi connectivity index (χ1n) is 14.3. The summed E-state index contributed by atoms with van der Waals surface area (Å²) in [6.07, 6.45) is 7.44. The standard InChI is InChI=1S/C30H38ClN7O4S/c1-36(43(3)41)25-7-5-4-6-23(25)33-28-22(31)19-32-29(35-28)34-24-9-8-21(18-26(24)42-2)38-16-12-30(13-17-38)10-14-37(15-11-30)20-27(39)40/h4-9,18-19H,10-17,20H2,1-3H3,(H,39,40)(H2,32,33,34,35). The number of carbonyl (C=O) groups is 1. The quantitative estimate of drug-likeness (QED) is 0.279. The monoisotopic (exact) mass is 627 g/mol. The number of aromatic nitrogens is 2. The van der Waals surface area contributed by atoms with Crippen molar-refractivity contribution in [1.82, 2.24) is 14.9 Å². The Labute approximate surface area is 259 Å². The molecular weight excluding hydrogens is 590 g/mol. The highest BCUT2D eigenvalue weighted by atomic mass is 35.5. The number of benzene rings is 2. The molecule has 5 rings (SSSR count). The molecule has 2 fully saturated rings. The van der Waals surface area contributed by atoms with Gasteiger partial charge in [0, 0.05) is 38.1 Å². The maximum atomic E-state index is 12.1. The molecule has 1 aromatic heterocycles. The van der Waals surface area contributed by atoms with Crippen molar-refractivity contribution in [1.29, 1.82) is 0 Å². The van der Waals surface area contributed by atoms with Crippen molar-refractivity contribution in [3.05, 3.63) is 53.7 Å². The molecule has 230 valence electrons. The number of nitrogens with one attached hydrogen (secondary N) is 2. The molecule has 2 saturated heterocycles. The smallest absolute Gasteiger partial charge is 0.317 e. The van der Waals surface area contributed by atoms with E-state index < -0.39 is 17.0 Å². The predicted molar refractivity (Wildman–Crippen MR) is 173 cm³/mol. The molecule has 1 atom stereocenters. The Hall–Kier alpha value is -3.61. The molecular formula is C30H38ClN7O4S. The van der Waals surface area contributed by atoms with Crippen molar-refractivity contribution in [2.24, 2.45) is 5.41 Å². The number of methoxy groups -OCH3 is 1. The SMILES string of the molecule is COc1cc(N2CCC3(CCN(CC(=O)O)CC3)CC2)ccc1Nc1ncc(Cl)c(Nc2ccccc2N(C)S(C)=O)n1. The van der Waals surface area contributed by atoms with Crippen LogP contribution in [0.1, 0.15) is 25.7 Å². The molecule has 0 saturated carbocycles. The third kappa shape index (κ3) is 7.31. The molecule has 3 aromatic rings. The largest absolute Gasteiger partial charge is 0.494 e. The lowest BCUT2D eigenvalue weighted by Crippen LogP contribution is -2.47. The van der Waals surface area contributed by atoms with Gasteiger partial charge in [-0.05, 0) is 68.5 Å². The van der Waals surface area contributed by atoms with E-state index in [2.05, 4.69) is 31.6 Å². The van der Waals surface area contributed by atoms with Gasteiger partial charge in [-0.15, -0.1) is 0 Å². The molecule has 2 aliphatic heterocycles.